The predicted molar refractivity (Wildman–Crippen MR) is 84.5 cm³/mol. The summed E-state index contributed by atoms with van der Waals surface area (Å²) in [5.41, 5.74) is 1.28. The van der Waals surface area contributed by atoms with Crippen LogP contribution in [0.25, 0.3) is 0 Å². The molecule has 0 aliphatic heterocycles. The lowest BCUT2D eigenvalue weighted by atomic mass is 10.0. The summed E-state index contributed by atoms with van der Waals surface area (Å²) >= 11 is 0. The molecule has 3 nitrogen and oxygen atoms in total. The number of rotatable bonds is 7. The first-order valence-electron chi connectivity index (χ1n) is 7.18. The van der Waals surface area contributed by atoms with E-state index in [1.807, 2.05) is 36.4 Å². The van der Waals surface area contributed by atoms with Gasteiger partial charge in [-0.3, -0.25) is 0 Å². The molecule has 0 bridgehead atoms. The Kier molecular flexibility index (Phi) is 5.50. The highest BCUT2D eigenvalue weighted by Crippen LogP contribution is 2.20. The van der Waals surface area contributed by atoms with Gasteiger partial charge in [0.05, 0.1) is 7.11 Å². The summed E-state index contributed by atoms with van der Waals surface area (Å²) < 4.78 is 16.4. The van der Waals surface area contributed by atoms with Crippen LogP contribution in [0.3, 0.4) is 0 Å². The summed E-state index contributed by atoms with van der Waals surface area (Å²) in [6.07, 6.45) is 0. The number of benzene rings is 2. The third-order valence-corrected chi connectivity index (χ3v) is 3.20. The van der Waals surface area contributed by atoms with Crippen molar-refractivity contribution in [2.45, 2.75) is 19.8 Å². The van der Waals surface area contributed by atoms with Gasteiger partial charge in [0.15, 0.2) is 0 Å². The minimum absolute atomic E-state index is 0.504. The second-order valence-corrected chi connectivity index (χ2v) is 5.10. The molecule has 2 rings (SSSR count). The SMILES string of the molecule is COc1ccc(OCCOc2cccc(C(C)C)c2)cc1. The number of ether oxygens (including phenoxy) is 3. The molecule has 0 saturated carbocycles. The molecule has 3 heteroatoms. The maximum absolute atomic E-state index is 5.71. The molecule has 0 heterocycles. The first kappa shape index (κ1) is 15.2. The Morgan fingerprint density at radius 2 is 1.43 bits per heavy atom. The van der Waals surface area contributed by atoms with Crippen LogP contribution in [-0.4, -0.2) is 20.3 Å². The van der Waals surface area contributed by atoms with Gasteiger partial charge in [-0.25, -0.2) is 0 Å². The van der Waals surface area contributed by atoms with E-state index in [0.717, 1.165) is 17.2 Å². The van der Waals surface area contributed by atoms with Crippen molar-refractivity contribution < 1.29 is 14.2 Å². The number of hydrogen-bond acceptors (Lipinski definition) is 3. The maximum atomic E-state index is 5.71. The normalized spacial score (nSPS) is 10.5. The molecule has 2 aromatic carbocycles. The molecular formula is C18H22O3. The van der Waals surface area contributed by atoms with Gasteiger partial charge in [-0.15, -0.1) is 0 Å². The van der Waals surface area contributed by atoms with Gasteiger partial charge in [-0.05, 0) is 47.9 Å². The lowest BCUT2D eigenvalue weighted by Gasteiger charge is -2.11. The van der Waals surface area contributed by atoms with Crippen molar-refractivity contribution in [2.24, 2.45) is 0 Å². The van der Waals surface area contributed by atoms with Crippen molar-refractivity contribution in [1.82, 2.24) is 0 Å². The minimum Gasteiger partial charge on any atom is -0.497 e. The van der Waals surface area contributed by atoms with Gasteiger partial charge >= 0.3 is 0 Å². The van der Waals surface area contributed by atoms with Gasteiger partial charge in [0.25, 0.3) is 0 Å². The monoisotopic (exact) mass is 286 g/mol. The van der Waals surface area contributed by atoms with Crippen molar-refractivity contribution in [3.63, 3.8) is 0 Å². The van der Waals surface area contributed by atoms with Crippen molar-refractivity contribution >= 4 is 0 Å². The summed E-state index contributed by atoms with van der Waals surface area (Å²) in [6.45, 7) is 5.38. The van der Waals surface area contributed by atoms with Crippen LogP contribution < -0.4 is 14.2 Å². The highest BCUT2D eigenvalue weighted by Gasteiger charge is 2.01. The topological polar surface area (TPSA) is 27.7 Å². The van der Waals surface area contributed by atoms with E-state index < -0.39 is 0 Å². The van der Waals surface area contributed by atoms with Crippen molar-refractivity contribution in [2.75, 3.05) is 20.3 Å². The Labute approximate surface area is 126 Å². The van der Waals surface area contributed by atoms with E-state index >= 15 is 0 Å². The summed E-state index contributed by atoms with van der Waals surface area (Å²) in [4.78, 5) is 0. The summed E-state index contributed by atoms with van der Waals surface area (Å²) in [6, 6.07) is 15.7. The molecule has 0 spiro atoms. The molecule has 0 amide bonds. The van der Waals surface area contributed by atoms with Gasteiger partial charge in [0.2, 0.25) is 0 Å². The summed E-state index contributed by atoms with van der Waals surface area (Å²) in [5, 5.41) is 0. The molecule has 0 fully saturated rings. The molecule has 0 N–H and O–H groups in total. The molecule has 0 saturated heterocycles. The Morgan fingerprint density at radius 3 is 2.05 bits per heavy atom. The van der Waals surface area contributed by atoms with Gasteiger partial charge < -0.3 is 14.2 Å². The first-order valence-corrected chi connectivity index (χ1v) is 7.18. The maximum Gasteiger partial charge on any atom is 0.122 e. The van der Waals surface area contributed by atoms with Crippen molar-refractivity contribution in [1.29, 1.82) is 0 Å². The standard InChI is InChI=1S/C18H22O3/c1-14(2)15-5-4-6-18(13-15)21-12-11-20-17-9-7-16(19-3)8-10-17/h4-10,13-14H,11-12H2,1-3H3. The zero-order valence-electron chi connectivity index (χ0n) is 12.8. The fourth-order valence-electron chi connectivity index (χ4n) is 1.95. The lowest BCUT2D eigenvalue weighted by Crippen LogP contribution is -2.09. The molecule has 0 atom stereocenters. The molecular weight excluding hydrogens is 264 g/mol. The van der Waals surface area contributed by atoms with Crippen LogP contribution in [0.15, 0.2) is 48.5 Å². The van der Waals surface area contributed by atoms with E-state index in [2.05, 4.69) is 26.0 Å². The van der Waals surface area contributed by atoms with Gasteiger partial charge in [0, 0.05) is 0 Å². The Hall–Kier alpha value is -2.16. The van der Waals surface area contributed by atoms with Gasteiger partial charge in [-0.1, -0.05) is 26.0 Å². The quantitative estimate of drug-likeness (QED) is 0.711. The Bertz CT molecular complexity index is 547. The molecule has 0 aliphatic carbocycles. The molecule has 0 aromatic heterocycles. The highest BCUT2D eigenvalue weighted by atomic mass is 16.5. The highest BCUT2D eigenvalue weighted by molar-refractivity contribution is 5.31. The first-order chi connectivity index (χ1) is 10.2. The van der Waals surface area contributed by atoms with Crippen LogP contribution in [-0.2, 0) is 0 Å². The van der Waals surface area contributed by atoms with E-state index in [1.54, 1.807) is 7.11 Å². The van der Waals surface area contributed by atoms with Crippen LogP contribution in [0.4, 0.5) is 0 Å². The molecule has 0 radical (unpaired) electrons. The van der Waals surface area contributed by atoms with E-state index in [4.69, 9.17) is 14.2 Å². The van der Waals surface area contributed by atoms with Crippen molar-refractivity contribution in [3.8, 4) is 17.2 Å². The molecule has 21 heavy (non-hydrogen) atoms. The molecule has 112 valence electrons. The third kappa shape index (κ3) is 4.71. The second-order valence-electron chi connectivity index (χ2n) is 5.10. The van der Waals surface area contributed by atoms with Crippen LogP contribution >= 0.6 is 0 Å². The smallest absolute Gasteiger partial charge is 0.122 e. The van der Waals surface area contributed by atoms with Crippen LogP contribution in [0.5, 0.6) is 17.2 Å². The number of methoxy groups -OCH3 is 1. The zero-order chi connectivity index (χ0) is 15.1. The molecule has 0 aliphatic rings. The molecule has 2 aromatic rings. The van der Waals surface area contributed by atoms with Gasteiger partial charge in [-0.2, -0.15) is 0 Å². The van der Waals surface area contributed by atoms with E-state index in [0.29, 0.717) is 19.1 Å². The van der Waals surface area contributed by atoms with Crippen LogP contribution in [0, 0.1) is 0 Å². The lowest BCUT2D eigenvalue weighted by molar-refractivity contribution is 0.217. The number of hydrogen-bond donors (Lipinski definition) is 0. The fourth-order valence-corrected chi connectivity index (χ4v) is 1.95. The summed E-state index contributed by atoms with van der Waals surface area (Å²) in [5.74, 6) is 3.03. The predicted octanol–water partition coefficient (Wildman–Crippen LogP) is 4.28. The van der Waals surface area contributed by atoms with Gasteiger partial charge in [0.1, 0.15) is 30.5 Å². The fraction of sp³-hybridized carbons (Fsp3) is 0.333. The Balaban J connectivity index is 1.77. The third-order valence-electron chi connectivity index (χ3n) is 3.20. The van der Waals surface area contributed by atoms with Crippen molar-refractivity contribution in [3.05, 3.63) is 54.1 Å². The van der Waals surface area contributed by atoms with Crippen LogP contribution in [0.2, 0.25) is 0 Å². The zero-order valence-corrected chi connectivity index (χ0v) is 12.8. The van der Waals surface area contributed by atoms with E-state index in [9.17, 15) is 0 Å². The largest absolute Gasteiger partial charge is 0.497 e. The van der Waals surface area contributed by atoms with Crippen LogP contribution in [0.1, 0.15) is 25.3 Å². The second kappa shape index (κ2) is 7.58. The van der Waals surface area contributed by atoms with E-state index in [-0.39, 0.29) is 0 Å². The average molecular weight is 286 g/mol. The minimum atomic E-state index is 0.504. The van der Waals surface area contributed by atoms with E-state index in [1.165, 1.54) is 5.56 Å². The average Bonchev–Trinajstić information content (AvgIpc) is 2.52. The Morgan fingerprint density at radius 1 is 0.810 bits per heavy atom. The summed E-state index contributed by atoms with van der Waals surface area (Å²) in [7, 11) is 1.65. The molecule has 0 unspecified atom stereocenters.